The zero-order valence-electron chi connectivity index (χ0n) is 13.4. The van der Waals surface area contributed by atoms with E-state index in [-0.39, 0.29) is 5.54 Å². The Morgan fingerprint density at radius 1 is 1.26 bits per heavy atom. The lowest BCUT2D eigenvalue weighted by atomic mass is 9.79. The number of nitrogens with zero attached hydrogens (tertiary/aromatic N) is 1. The molecule has 3 nitrogen and oxygen atoms in total. The molecule has 0 aromatic heterocycles. The van der Waals surface area contributed by atoms with Crippen molar-refractivity contribution in [2.24, 2.45) is 5.41 Å². The molecule has 1 aliphatic rings. The SMILES string of the molecule is CSCCN(C)CC1(CNC(C)(C)C)CCOCC1. The molecule has 0 aromatic rings. The van der Waals surface area contributed by atoms with Crippen molar-refractivity contribution in [2.75, 3.05) is 51.9 Å². The summed E-state index contributed by atoms with van der Waals surface area (Å²) in [5.74, 6) is 1.22. The predicted octanol–water partition coefficient (Wildman–Crippen LogP) is 2.47. The Bertz CT molecular complexity index is 247. The molecule has 1 aliphatic heterocycles. The highest BCUT2D eigenvalue weighted by Gasteiger charge is 2.34. The zero-order valence-corrected chi connectivity index (χ0v) is 14.2. The molecule has 1 heterocycles. The van der Waals surface area contributed by atoms with Crippen molar-refractivity contribution >= 4 is 11.8 Å². The number of rotatable bonds is 7. The lowest BCUT2D eigenvalue weighted by molar-refractivity contribution is -0.00253. The van der Waals surface area contributed by atoms with Crippen LogP contribution in [0.3, 0.4) is 0 Å². The number of hydrogen-bond donors (Lipinski definition) is 1. The fraction of sp³-hybridized carbons (Fsp3) is 1.00. The first-order chi connectivity index (χ1) is 8.87. The minimum atomic E-state index is 0.198. The summed E-state index contributed by atoms with van der Waals surface area (Å²) in [7, 11) is 2.25. The summed E-state index contributed by atoms with van der Waals surface area (Å²) in [6.45, 7) is 12.0. The van der Waals surface area contributed by atoms with E-state index in [0.717, 1.165) is 19.8 Å². The Balaban J connectivity index is 2.54. The van der Waals surface area contributed by atoms with E-state index in [1.165, 1.54) is 31.7 Å². The average molecular weight is 289 g/mol. The van der Waals surface area contributed by atoms with E-state index in [2.05, 4.69) is 44.3 Å². The van der Waals surface area contributed by atoms with Crippen molar-refractivity contribution in [3.05, 3.63) is 0 Å². The van der Waals surface area contributed by atoms with Crippen molar-refractivity contribution in [2.45, 2.75) is 39.2 Å². The van der Waals surface area contributed by atoms with E-state index in [1.807, 2.05) is 11.8 Å². The topological polar surface area (TPSA) is 24.5 Å². The molecule has 114 valence electrons. The van der Waals surface area contributed by atoms with Gasteiger partial charge >= 0.3 is 0 Å². The van der Waals surface area contributed by atoms with Gasteiger partial charge in [0.05, 0.1) is 0 Å². The van der Waals surface area contributed by atoms with Crippen LogP contribution < -0.4 is 5.32 Å². The Kier molecular flexibility index (Phi) is 7.15. The third-order valence-electron chi connectivity index (χ3n) is 3.83. The first kappa shape index (κ1) is 17.3. The summed E-state index contributed by atoms with van der Waals surface area (Å²) in [6, 6.07) is 0. The third-order valence-corrected chi connectivity index (χ3v) is 4.42. The van der Waals surface area contributed by atoms with Gasteiger partial charge < -0.3 is 15.0 Å². The molecule has 0 aliphatic carbocycles. The summed E-state index contributed by atoms with van der Waals surface area (Å²) < 4.78 is 5.57. The van der Waals surface area contributed by atoms with Crippen molar-refractivity contribution in [3.8, 4) is 0 Å². The zero-order chi connectivity index (χ0) is 14.4. The minimum absolute atomic E-state index is 0.198. The molecule has 0 radical (unpaired) electrons. The van der Waals surface area contributed by atoms with Gasteiger partial charge in [-0.15, -0.1) is 0 Å². The van der Waals surface area contributed by atoms with Crippen LogP contribution in [-0.2, 0) is 4.74 Å². The molecule has 19 heavy (non-hydrogen) atoms. The second-order valence-corrected chi connectivity index (χ2v) is 7.93. The summed E-state index contributed by atoms with van der Waals surface area (Å²) >= 11 is 1.93. The molecule has 1 saturated heterocycles. The van der Waals surface area contributed by atoms with Crippen LogP contribution in [0.2, 0.25) is 0 Å². The van der Waals surface area contributed by atoms with Gasteiger partial charge in [-0.3, -0.25) is 0 Å². The van der Waals surface area contributed by atoms with E-state index in [4.69, 9.17) is 4.74 Å². The molecule has 0 unspecified atom stereocenters. The van der Waals surface area contributed by atoms with Crippen molar-refractivity contribution in [3.63, 3.8) is 0 Å². The standard InChI is InChI=1S/C15H32N2OS/c1-14(2,3)16-12-15(6-9-18-10-7-15)13-17(4)8-11-19-5/h16H,6-13H2,1-5H3. The van der Waals surface area contributed by atoms with Gasteiger partial charge in [0.25, 0.3) is 0 Å². The van der Waals surface area contributed by atoms with Crippen molar-refractivity contribution in [1.82, 2.24) is 10.2 Å². The van der Waals surface area contributed by atoms with Crippen LogP contribution in [0.4, 0.5) is 0 Å². The van der Waals surface area contributed by atoms with Gasteiger partial charge in [-0.25, -0.2) is 0 Å². The second-order valence-electron chi connectivity index (χ2n) is 6.95. The van der Waals surface area contributed by atoms with Crippen LogP contribution in [-0.4, -0.2) is 62.3 Å². The summed E-state index contributed by atoms with van der Waals surface area (Å²) in [5, 5.41) is 3.71. The minimum Gasteiger partial charge on any atom is -0.381 e. The summed E-state index contributed by atoms with van der Waals surface area (Å²) in [5.41, 5.74) is 0.585. The molecule has 0 aromatic carbocycles. The summed E-state index contributed by atoms with van der Waals surface area (Å²) in [4.78, 5) is 2.49. The third kappa shape index (κ3) is 6.98. The maximum atomic E-state index is 5.57. The molecular formula is C15H32N2OS. The largest absolute Gasteiger partial charge is 0.381 e. The van der Waals surface area contributed by atoms with Crippen LogP contribution in [0.5, 0.6) is 0 Å². The fourth-order valence-corrected chi connectivity index (χ4v) is 3.04. The van der Waals surface area contributed by atoms with Gasteiger partial charge in [0, 0.05) is 44.1 Å². The molecule has 0 saturated carbocycles. The molecule has 0 bridgehead atoms. The number of nitrogens with one attached hydrogen (secondary N) is 1. The molecule has 0 atom stereocenters. The van der Waals surface area contributed by atoms with Gasteiger partial charge in [-0.2, -0.15) is 11.8 Å². The fourth-order valence-electron chi connectivity index (χ4n) is 2.55. The highest BCUT2D eigenvalue weighted by atomic mass is 32.2. The van der Waals surface area contributed by atoms with E-state index >= 15 is 0 Å². The second kappa shape index (κ2) is 7.87. The molecule has 1 rings (SSSR count). The van der Waals surface area contributed by atoms with Crippen LogP contribution in [0, 0.1) is 5.41 Å². The van der Waals surface area contributed by atoms with Gasteiger partial charge in [-0.1, -0.05) is 0 Å². The van der Waals surface area contributed by atoms with Crippen LogP contribution in [0.15, 0.2) is 0 Å². The normalized spacial score (nSPS) is 19.9. The molecule has 1 N–H and O–H groups in total. The van der Waals surface area contributed by atoms with E-state index in [1.54, 1.807) is 0 Å². The first-order valence-electron chi connectivity index (χ1n) is 7.37. The van der Waals surface area contributed by atoms with E-state index in [0.29, 0.717) is 5.41 Å². The number of thioether (sulfide) groups is 1. The lowest BCUT2D eigenvalue weighted by Crippen LogP contribution is -2.50. The van der Waals surface area contributed by atoms with Crippen molar-refractivity contribution in [1.29, 1.82) is 0 Å². The highest BCUT2D eigenvalue weighted by molar-refractivity contribution is 7.98. The number of ether oxygens (including phenoxy) is 1. The van der Waals surface area contributed by atoms with Gasteiger partial charge in [0.15, 0.2) is 0 Å². The van der Waals surface area contributed by atoms with Crippen LogP contribution in [0.1, 0.15) is 33.6 Å². The maximum Gasteiger partial charge on any atom is 0.0472 e. The molecule has 1 fully saturated rings. The summed E-state index contributed by atoms with van der Waals surface area (Å²) in [6.07, 6.45) is 4.54. The first-order valence-corrected chi connectivity index (χ1v) is 8.77. The molecule has 0 spiro atoms. The Hall–Kier alpha value is 0.230. The average Bonchev–Trinajstić information content (AvgIpc) is 2.34. The monoisotopic (exact) mass is 288 g/mol. The molecular weight excluding hydrogens is 256 g/mol. The Labute approximate surface area is 123 Å². The quantitative estimate of drug-likeness (QED) is 0.778. The smallest absolute Gasteiger partial charge is 0.0472 e. The van der Waals surface area contributed by atoms with Crippen LogP contribution in [0.25, 0.3) is 0 Å². The van der Waals surface area contributed by atoms with Gasteiger partial charge in [-0.05, 0) is 52.3 Å². The van der Waals surface area contributed by atoms with Gasteiger partial charge in [0.2, 0.25) is 0 Å². The number of hydrogen-bond acceptors (Lipinski definition) is 4. The maximum absolute atomic E-state index is 5.57. The highest BCUT2D eigenvalue weighted by Crippen LogP contribution is 2.31. The molecule has 0 amide bonds. The van der Waals surface area contributed by atoms with Crippen LogP contribution >= 0.6 is 11.8 Å². The van der Waals surface area contributed by atoms with Crippen molar-refractivity contribution < 1.29 is 4.74 Å². The lowest BCUT2D eigenvalue weighted by Gasteiger charge is -2.42. The van der Waals surface area contributed by atoms with Gasteiger partial charge in [0.1, 0.15) is 0 Å². The predicted molar refractivity (Wildman–Crippen MR) is 86.1 cm³/mol. The van der Waals surface area contributed by atoms with E-state index < -0.39 is 0 Å². The Morgan fingerprint density at radius 3 is 2.42 bits per heavy atom. The van der Waals surface area contributed by atoms with E-state index in [9.17, 15) is 0 Å². The molecule has 4 heteroatoms. The Morgan fingerprint density at radius 2 is 1.89 bits per heavy atom.